The number of benzene rings is 1. The topological polar surface area (TPSA) is 62.6 Å². The van der Waals surface area contributed by atoms with Crippen LogP contribution in [0.3, 0.4) is 0 Å². The summed E-state index contributed by atoms with van der Waals surface area (Å²) in [6, 6.07) is 11.0. The number of nitrogens with zero attached hydrogens (tertiary/aromatic N) is 1. The fourth-order valence-electron chi connectivity index (χ4n) is 2.90. The maximum absolute atomic E-state index is 12.7. The van der Waals surface area contributed by atoms with E-state index >= 15 is 0 Å². The van der Waals surface area contributed by atoms with E-state index in [4.69, 9.17) is 4.42 Å². The summed E-state index contributed by atoms with van der Waals surface area (Å²) in [5.74, 6) is 0.335. The smallest absolute Gasteiger partial charge is 0.244 e. The lowest BCUT2D eigenvalue weighted by atomic mass is 10.1. The van der Waals surface area contributed by atoms with Crippen molar-refractivity contribution >= 4 is 23.6 Å². The zero-order chi connectivity index (χ0) is 17.1. The molecular weight excluding hydrogens is 324 g/mol. The molecule has 0 radical (unpaired) electrons. The Kier molecular flexibility index (Phi) is 4.94. The van der Waals surface area contributed by atoms with Crippen LogP contribution >= 0.6 is 11.8 Å². The Labute approximate surface area is 145 Å². The zero-order valence-corrected chi connectivity index (χ0v) is 14.5. The fraction of sp³-hybridized carbons (Fsp3) is 0.333. The minimum atomic E-state index is -0.474. The Bertz CT molecular complexity index is 702. The Morgan fingerprint density at radius 2 is 2.04 bits per heavy atom. The van der Waals surface area contributed by atoms with Gasteiger partial charge in [0.1, 0.15) is 11.4 Å². The number of thioether (sulfide) groups is 1. The number of rotatable bonds is 4. The lowest BCUT2D eigenvalue weighted by molar-refractivity contribution is -0.138. The Morgan fingerprint density at radius 1 is 1.29 bits per heavy atom. The van der Waals surface area contributed by atoms with E-state index in [1.54, 1.807) is 29.2 Å². The van der Waals surface area contributed by atoms with Crippen LogP contribution in [0, 0.1) is 0 Å². The summed E-state index contributed by atoms with van der Waals surface area (Å²) in [7, 11) is 0. The maximum atomic E-state index is 12.7. The normalized spacial score (nSPS) is 21.5. The van der Waals surface area contributed by atoms with Crippen molar-refractivity contribution in [3.05, 3.63) is 60.1 Å². The van der Waals surface area contributed by atoms with Crippen LogP contribution in [0.5, 0.6) is 0 Å². The first-order valence-electron chi connectivity index (χ1n) is 7.86. The molecule has 1 N–H and O–H groups in total. The number of carbonyl (C=O) groups excluding carboxylic acids is 2. The Hall–Kier alpha value is -2.21. The molecule has 1 aliphatic rings. The third-order valence-corrected chi connectivity index (χ3v) is 5.48. The van der Waals surface area contributed by atoms with E-state index in [2.05, 4.69) is 5.32 Å². The molecule has 2 amide bonds. The molecule has 1 aromatic heterocycles. The molecule has 2 aromatic rings. The quantitative estimate of drug-likeness (QED) is 0.926. The lowest BCUT2D eigenvalue weighted by Gasteiger charge is -2.28. The largest absolute Gasteiger partial charge is 0.472 e. The van der Waals surface area contributed by atoms with Crippen LogP contribution in [0.1, 0.15) is 36.4 Å². The minimum absolute atomic E-state index is 0.106. The molecule has 0 aliphatic carbocycles. The van der Waals surface area contributed by atoms with Gasteiger partial charge in [-0.3, -0.25) is 9.59 Å². The second kappa shape index (κ2) is 7.13. The molecular formula is C18H20N2O3S. The van der Waals surface area contributed by atoms with Crippen molar-refractivity contribution in [2.45, 2.75) is 31.3 Å². The monoisotopic (exact) mass is 344 g/mol. The fourth-order valence-corrected chi connectivity index (χ4v) is 4.36. The van der Waals surface area contributed by atoms with Crippen LogP contribution in [0.4, 0.5) is 0 Å². The standard InChI is InChI=1S/C18H20N2O3S/c1-12(14-6-4-3-5-7-14)19-17(22)16-11-24-18(20(16)13(2)21)15-8-9-23-10-15/h3-10,12,16,18H,11H2,1-2H3,(H,19,22)/t12-,16-,18-/m1/s1. The van der Waals surface area contributed by atoms with E-state index in [-0.39, 0.29) is 23.2 Å². The summed E-state index contributed by atoms with van der Waals surface area (Å²) in [5, 5.41) is 2.84. The number of hydrogen-bond acceptors (Lipinski definition) is 4. The first-order chi connectivity index (χ1) is 11.6. The molecule has 0 bridgehead atoms. The van der Waals surface area contributed by atoms with E-state index in [0.717, 1.165) is 11.1 Å². The highest BCUT2D eigenvalue weighted by molar-refractivity contribution is 7.99. The predicted molar refractivity (Wildman–Crippen MR) is 93.2 cm³/mol. The second-order valence-corrected chi connectivity index (χ2v) is 6.94. The molecule has 126 valence electrons. The van der Waals surface area contributed by atoms with Crippen LogP contribution < -0.4 is 5.32 Å². The van der Waals surface area contributed by atoms with Gasteiger partial charge >= 0.3 is 0 Å². The van der Waals surface area contributed by atoms with E-state index in [1.807, 2.05) is 43.3 Å². The molecule has 5 nitrogen and oxygen atoms in total. The summed E-state index contributed by atoms with van der Waals surface area (Å²) in [6.45, 7) is 3.45. The molecule has 24 heavy (non-hydrogen) atoms. The molecule has 0 unspecified atom stereocenters. The summed E-state index contributed by atoms with van der Waals surface area (Å²) >= 11 is 1.58. The van der Waals surface area contributed by atoms with Crippen LogP contribution in [-0.4, -0.2) is 28.5 Å². The van der Waals surface area contributed by atoms with Gasteiger partial charge in [-0.15, -0.1) is 11.8 Å². The highest BCUT2D eigenvalue weighted by Crippen LogP contribution is 2.41. The van der Waals surface area contributed by atoms with Gasteiger partial charge in [0, 0.05) is 18.2 Å². The summed E-state index contributed by atoms with van der Waals surface area (Å²) in [6.07, 6.45) is 3.21. The van der Waals surface area contributed by atoms with Crippen LogP contribution in [0.2, 0.25) is 0 Å². The number of carbonyl (C=O) groups is 2. The van der Waals surface area contributed by atoms with Crippen LogP contribution in [-0.2, 0) is 9.59 Å². The van der Waals surface area contributed by atoms with Crippen molar-refractivity contribution < 1.29 is 14.0 Å². The van der Waals surface area contributed by atoms with Crippen LogP contribution in [0.25, 0.3) is 0 Å². The van der Waals surface area contributed by atoms with E-state index in [9.17, 15) is 9.59 Å². The zero-order valence-electron chi connectivity index (χ0n) is 13.6. The average Bonchev–Trinajstić information content (AvgIpc) is 3.24. The second-order valence-electron chi connectivity index (χ2n) is 5.83. The van der Waals surface area contributed by atoms with Crippen molar-refractivity contribution in [2.75, 3.05) is 5.75 Å². The third-order valence-electron chi connectivity index (χ3n) is 4.15. The molecule has 3 rings (SSSR count). The Balaban J connectivity index is 1.73. The first kappa shape index (κ1) is 16.6. The van der Waals surface area contributed by atoms with Crippen molar-refractivity contribution in [3.63, 3.8) is 0 Å². The number of amides is 2. The first-order valence-corrected chi connectivity index (χ1v) is 8.90. The van der Waals surface area contributed by atoms with Gasteiger partial charge in [-0.25, -0.2) is 0 Å². The summed E-state index contributed by atoms with van der Waals surface area (Å²) in [4.78, 5) is 26.5. The van der Waals surface area contributed by atoms with Gasteiger partial charge in [0.15, 0.2) is 0 Å². The number of hydrogen-bond donors (Lipinski definition) is 1. The Morgan fingerprint density at radius 3 is 2.67 bits per heavy atom. The molecule has 1 aliphatic heterocycles. The van der Waals surface area contributed by atoms with Gasteiger partial charge in [-0.1, -0.05) is 30.3 Å². The van der Waals surface area contributed by atoms with Crippen molar-refractivity contribution in [1.82, 2.24) is 10.2 Å². The molecule has 1 fully saturated rings. The van der Waals surface area contributed by atoms with Crippen LogP contribution in [0.15, 0.2) is 53.3 Å². The minimum Gasteiger partial charge on any atom is -0.472 e. The SMILES string of the molecule is CC(=O)N1[C@@H](C(=O)N[C@H](C)c2ccccc2)CS[C@@H]1c1ccoc1. The molecule has 3 atom stereocenters. The molecule has 0 saturated carbocycles. The predicted octanol–water partition coefficient (Wildman–Crippen LogP) is 3.12. The summed E-state index contributed by atoms with van der Waals surface area (Å²) < 4.78 is 5.12. The van der Waals surface area contributed by atoms with Gasteiger partial charge in [0.05, 0.1) is 18.6 Å². The van der Waals surface area contributed by atoms with Gasteiger partial charge in [0.2, 0.25) is 11.8 Å². The van der Waals surface area contributed by atoms with Gasteiger partial charge in [-0.2, -0.15) is 0 Å². The van der Waals surface area contributed by atoms with Gasteiger partial charge < -0.3 is 14.6 Å². The van der Waals surface area contributed by atoms with E-state index in [1.165, 1.54) is 6.92 Å². The van der Waals surface area contributed by atoms with Crippen molar-refractivity contribution in [1.29, 1.82) is 0 Å². The third kappa shape index (κ3) is 3.33. The number of nitrogens with one attached hydrogen (secondary N) is 1. The van der Waals surface area contributed by atoms with Crippen molar-refractivity contribution in [3.8, 4) is 0 Å². The van der Waals surface area contributed by atoms with E-state index in [0.29, 0.717) is 5.75 Å². The molecule has 1 saturated heterocycles. The van der Waals surface area contributed by atoms with Crippen molar-refractivity contribution in [2.24, 2.45) is 0 Å². The van der Waals surface area contributed by atoms with Gasteiger partial charge in [-0.05, 0) is 18.6 Å². The highest BCUT2D eigenvalue weighted by atomic mass is 32.2. The summed E-state index contributed by atoms with van der Waals surface area (Å²) in [5.41, 5.74) is 1.94. The van der Waals surface area contributed by atoms with E-state index < -0.39 is 6.04 Å². The molecule has 2 heterocycles. The highest BCUT2D eigenvalue weighted by Gasteiger charge is 2.41. The molecule has 6 heteroatoms. The average molecular weight is 344 g/mol. The lowest BCUT2D eigenvalue weighted by Crippen LogP contribution is -2.47. The molecule has 1 aromatic carbocycles. The maximum Gasteiger partial charge on any atom is 0.244 e. The number of furan rings is 1. The van der Waals surface area contributed by atoms with Gasteiger partial charge in [0.25, 0.3) is 0 Å². The molecule has 0 spiro atoms.